The third-order valence-electron chi connectivity index (χ3n) is 2.69. The number of carbonyl (C=O) groups is 1. The summed E-state index contributed by atoms with van der Waals surface area (Å²) in [6.07, 6.45) is 0.163. The number of anilines is 2. The zero-order valence-electron chi connectivity index (χ0n) is 11.7. The van der Waals surface area contributed by atoms with E-state index in [2.05, 4.69) is 26.1 Å². The molecule has 0 fully saturated rings. The van der Waals surface area contributed by atoms with Crippen molar-refractivity contribution in [2.24, 2.45) is 11.1 Å². The van der Waals surface area contributed by atoms with Gasteiger partial charge in [0, 0.05) is 17.9 Å². The molecule has 19 heavy (non-hydrogen) atoms. The van der Waals surface area contributed by atoms with E-state index in [1.807, 2.05) is 0 Å². The summed E-state index contributed by atoms with van der Waals surface area (Å²) in [7, 11) is 0. The van der Waals surface area contributed by atoms with Crippen molar-refractivity contribution in [3.05, 3.63) is 23.8 Å². The summed E-state index contributed by atoms with van der Waals surface area (Å²) in [5.41, 5.74) is 12.5. The van der Waals surface area contributed by atoms with Crippen molar-refractivity contribution < 1.29 is 9.90 Å². The quantitative estimate of drug-likeness (QED) is 0.607. The minimum absolute atomic E-state index is 0.0450. The lowest BCUT2D eigenvalue weighted by molar-refractivity contribution is 0.1000. The molecule has 1 aromatic rings. The van der Waals surface area contributed by atoms with Crippen LogP contribution in [-0.2, 0) is 0 Å². The van der Waals surface area contributed by atoms with E-state index in [0.29, 0.717) is 29.9 Å². The van der Waals surface area contributed by atoms with Gasteiger partial charge in [0.25, 0.3) is 5.91 Å². The molecule has 0 aliphatic heterocycles. The number of hydrogen-bond acceptors (Lipinski definition) is 4. The van der Waals surface area contributed by atoms with Crippen LogP contribution in [0.2, 0.25) is 0 Å². The van der Waals surface area contributed by atoms with Crippen molar-refractivity contribution in [2.75, 3.05) is 17.6 Å². The van der Waals surface area contributed by atoms with Gasteiger partial charge in [-0.05, 0) is 30.0 Å². The molecule has 5 nitrogen and oxygen atoms in total. The second kappa shape index (κ2) is 5.93. The molecule has 106 valence electrons. The molecule has 1 atom stereocenters. The van der Waals surface area contributed by atoms with Gasteiger partial charge in [0.05, 0.1) is 11.7 Å². The zero-order chi connectivity index (χ0) is 14.6. The molecule has 1 amide bonds. The van der Waals surface area contributed by atoms with Crippen molar-refractivity contribution in [3.63, 3.8) is 0 Å². The van der Waals surface area contributed by atoms with Gasteiger partial charge >= 0.3 is 0 Å². The molecule has 0 spiro atoms. The Morgan fingerprint density at radius 3 is 2.58 bits per heavy atom. The number of aliphatic hydroxyl groups is 1. The van der Waals surface area contributed by atoms with Gasteiger partial charge in [0.1, 0.15) is 0 Å². The summed E-state index contributed by atoms with van der Waals surface area (Å²) in [5, 5.41) is 13.0. The maximum absolute atomic E-state index is 11.3. The molecule has 0 saturated heterocycles. The van der Waals surface area contributed by atoms with Crippen LogP contribution in [0.25, 0.3) is 0 Å². The largest absolute Gasteiger partial charge is 0.399 e. The van der Waals surface area contributed by atoms with E-state index in [-0.39, 0.29) is 5.41 Å². The molecule has 0 saturated carbocycles. The number of rotatable bonds is 5. The first kappa shape index (κ1) is 15.3. The van der Waals surface area contributed by atoms with E-state index in [1.54, 1.807) is 18.2 Å². The standard InChI is InChI=1S/C14H23N3O2/c1-14(2,3)7-10(18)8-17-12-6-9(15)4-5-11(12)13(16)19/h4-6,10,17-18H,7-8,15H2,1-3H3,(H2,16,19). The number of nitrogen functional groups attached to an aromatic ring is 1. The molecule has 1 unspecified atom stereocenters. The van der Waals surface area contributed by atoms with Crippen LogP contribution in [0.5, 0.6) is 0 Å². The van der Waals surface area contributed by atoms with Crippen molar-refractivity contribution in [1.29, 1.82) is 0 Å². The second-order valence-electron chi connectivity index (χ2n) is 5.97. The number of aliphatic hydroxyl groups excluding tert-OH is 1. The molecule has 1 aromatic carbocycles. The molecule has 0 radical (unpaired) electrons. The van der Waals surface area contributed by atoms with Gasteiger partial charge in [0.15, 0.2) is 0 Å². The molecule has 0 heterocycles. The first-order valence-electron chi connectivity index (χ1n) is 6.30. The third kappa shape index (κ3) is 5.18. The zero-order valence-corrected chi connectivity index (χ0v) is 11.7. The lowest BCUT2D eigenvalue weighted by Gasteiger charge is -2.23. The molecule has 0 bridgehead atoms. The average Bonchev–Trinajstić information content (AvgIpc) is 2.23. The summed E-state index contributed by atoms with van der Waals surface area (Å²) in [5.74, 6) is -0.521. The van der Waals surface area contributed by atoms with Crippen molar-refractivity contribution in [1.82, 2.24) is 0 Å². The molecule has 5 heteroatoms. The van der Waals surface area contributed by atoms with Crippen LogP contribution >= 0.6 is 0 Å². The van der Waals surface area contributed by atoms with Crippen LogP contribution in [0.4, 0.5) is 11.4 Å². The van der Waals surface area contributed by atoms with E-state index in [4.69, 9.17) is 11.5 Å². The first-order chi connectivity index (χ1) is 8.69. The maximum atomic E-state index is 11.3. The maximum Gasteiger partial charge on any atom is 0.250 e. The van der Waals surface area contributed by atoms with Crippen LogP contribution in [0.3, 0.4) is 0 Å². The Hall–Kier alpha value is -1.75. The fourth-order valence-electron chi connectivity index (χ4n) is 1.93. The normalized spacial score (nSPS) is 13.1. The average molecular weight is 265 g/mol. The highest BCUT2D eigenvalue weighted by atomic mass is 16.3. The number of nitrogens with two attached hydrogens (primary N) is 2. The first-order valence-corrected chi connectivity index (χ1v) is 6.30. The second-order valence-corrected chi connectivity index (χ2v) is 5.97. The fraction of sp³-hybridized carbons (Fsp3) is 0.500. The Labute approximate surface area is 114 Å². The topological polar surface area (TPSA) is 101 Å². The van der Waals surface area contributed by atoms with Gasteiger partial charge in [-0.3, -0.25) is 4.79 Å². The summed E-state index contributed by atoms with van der Waals surface area (Å²) < 4.78 is 0. The minimum atomic E-state index is -0.521. The highest BCUT2D eigenvalue weighted by molar-refractivity contribution is 5.99. The highest BCUT2D eigenvalue weighted by Gasteiger charge is 2.17. The van der Waals surface area contributed by atoms with Crippen LogP contribution in [0.15, 0.2) is 18.2 Å². The van der Waals surface area contributed by atoms with Crippen molar-refractivity contribution in [3.8, 4) is 0 Å². The molecule has 0 aliphatic rings. The van der Waals surface area contributed by atoms with E-state index < -0.39 is 12.0 Å². The Morgan fingerprint density at radius 2 is 2.05 bits per heavy atom. The molecular formula is C14H23N3O2. The lowest BCUT2D eigenvalue weighted by atomic mass is 9.89. The van der Waals surface area contributed by atoms with Crippen LogP contribution in [-0.4, -0.2) is 23.7 Å². The Bertz CT molecular complexity index is 452. The third-order valence-corrected chi connectivity index (χ3v) is 2.69. The van der Waals surface area contributed by atoms with Gasteiger partial charge in [-0.25, -0.2) is 0 Å². The highest BCUT2D eigenvalue weighted by Crippen LogP contribution is 2.22. The van der Waals surface area contributed by atoms with Crippen molar-refractivity contribution in [2.45, 2.75) is 33.3 Å². The Balaban J connectivity index is 2.72. The van der Waals surface area contributed by atoms with Gasteiger partial charge in [-0.1, -0.05) is 20.8 Å². The molecule has 0 aromatic heterocycles. The molecule has 1 rings (SSSR count). The minimum Gasteiger partial charge on any atom is -0.399 e. The SMILES string of the molecule is CC(C)(C)CC(O)CNc1cc(N)ccc1C(N)=O. The smallest absolute Gasteiger partial charge is 0.250 e. The summed E-state index contributed by atoms with van der Waals surface area (Å²) in [6, 6.07) is 4.84. The predicted molar refractivity (Wildman–Crippen MR) is 77.9 cm³/mol. The predicted octanol–water partition coefficient (Wildman–Crippen LogP) is 1.58. The monoisotopic (exact) mass is 265 g/mol. The summed E-state index contributed by atoms with van der Waals surface area (Å²) >= 11 is 0. The van der Waals surface area contributed by atoms with Crippen LogP contribution in [0, 0.1) is 5.41 Å². The van der Waals surface area contributed by atoms with Crippen molar-refractivity contribution >= 4 is 17.3 Å². The number of primary amides is 1. The van der Waals surface area contributed by atoms with Gasteiger partial charge in [0.2, 0.25) is 0 Å². The summed E-state index contributed by atoms with van der Waals surface area (Å²) in [4.78, 5) is 11.3. The Morgan fingerprint density at radius 1 is 1.42 bits per heavy atom. The number of nitrogens with one attached hydrogen (secondary N) is 1. The number of benzene rings is 1. The van der Waals surface area contributed by atoms with E-state index in [9.17, 15) is 9.90 Å². The number of carbonyl (C=O) groups excluding carboxylic acids is 1. The van der Waals surface area contributed by atoms with Gasteiger partial charge < -0.3 is 21.9 Å². The van der Waals surface area contributed by atoms with Crippen LogP contribution < -0.4 is 16.8 Å². The molecule has 6 N–H and O–H groups in total. The van der Waals surface area contributed by atoms with Crippen LogP contribution in [0.1, 0.15) is 37.6 Å². The number of hydrogen-bond donors (Lipinski definition) is 4. The lowest BCUT2D eigenvalue weighted by Crippen LogP contribution is -2.26. The molecule has 0 aliphatic carbocycles. The van der Waals surface area contributed by atoms with Gasteiger partial charge in [-0.2, -0.15) is 0 Å². The number of amides is 1. The fourth-order valence-corrected chi connectivity index (χ4v) is 1.93. The summed E-state index contributed by atoms with van der Waals surface area (Å²) in [6.45, 7) is 6.53. The van der Waals surface area contributed by atoms with E-state index in [0.717, 1.165) is 0 Å². The molecular weight excluding hydrogens is 242 g/mol. The van der Waals surface area contributed by atoms with E-state index in [1.165, 1.54) is 0 Å². The van der Waals surface area contributed by atoms with Gasteiger partial charge in [-0.15, -0.1) is 0 Å². The van der Waals surface area contributed by atoms with E-state index >= 15 is 0 Å². The Kier molecular flexibility index (Phi) is 4.78.